The fourth-order valence-electron chi connectivity index (χ4n) is 1.88. The second-order valence-corrected chi connectivity index (χ2v) is 3.88. The van der Waals surface area contributed by atoms with Gasteiger partial charge in [-0.05, 0) is 6.92 Å². The van der Waals surface area contributed by atoms with E-state index in [0.717, 1.165) is 16.5 Å². The van der Waals surface area contributed by atoms with Crippen molar-refractivity contribution in [3.63, 3.8) is 0 Å². The summed E-state index contributed by atoms with van der Waals surface area (Å²) in [6.45, 7) is 1.94. The molecule has 84 valence electrons. The smallest absolute Gasteiger partial charge is 0.183 e. The van der Waals surface area contributed by atoms with Gasteiger partial charge in [0.25, 0.3) is 0 Å². The van der Waals surface area contributed by atoms with E-state index in [2.05, 4.69) is 15.3 Å². The van der Waals surface area contributed by atoms with E-state index in [0.29, 0.717) is 11.6 Å². The van der Waals surface area contributed by atoms with Gasteiger partial charge in [-0.3, -0.25) is 0 Å². The van der Waals surface area contributed by atoms with Gasteiger partial charge in [0, 0.05) is 22.5 Å². The van der Waals surface area contributed by atoms with Crippen molar-refractivity contribution in [1.82, 2.24) is 20.0 Å². The number of rotatable bonds is 1. The number of aromatic nitrogens is 4. The highest BCUT2D eigenvalue weighted by Crippen LogP contribution is 2.20. The van der Waals surface area contributed by atoms with Gasteiger partial charge in [0.1, 0.15) is 5.82 Å². The molecule has 0 aliphatic carbocycles. The lowest BCUT2D eigenvalue weighted by Crippen LogP contribution is -2.04. The SMILES string of the molecule is Cc1cc(N)nn1-c1nncc2ccccc12. The summed E-state index contributed by atoms with van der Waals surface area (Å²) in [7, 11) is 0. The summed E-state index contributed by atoms with van der Waals surface area (Å²) < 4.78 is 1.71. The highest BCUT2D eigenvalue weighted by molar-refractivity contribution is 5.87. The first-order chi connectivity index (χ1) is 8.25. The van der Waals surface area contributed by atoms with Crippen LogP contribution >= 0.6 is 0 Å². The first-order valence-electron chi connectivity index (χ1n) is 5.28. The number of anilines is 1. The first kappa shape index (κ1) is 9.77. The number of fused-ring (bicyclic) bond motifs is 1. The molecule has 0 spiro atoms. The number of benzene rings is 1. The minimum absolute atomic E-state index is 0.484. The maximum Gasteiger partial charge on any atom is 0.183 e. The number of hydrogen-bond donors (Lipinski definition) is 1. The van der Waals surface area contributed by atoms with Gasteiger partial charge in [-0.25, -0.2) is 4.68 Å². The monoisotopic (exact) mass is 225 g/mol. The van der Waals surface area contributed by atoms with Crippen LogP contribution in [0.4, 0.5) is 5.82 Å². The molecule has 2 heterocycles. The maximum atomic E-state index is 5.68. The van der Waals surface area contributed by atoms with E-state index < -0.39 is 0 Å². The Balaban J connectivity index is 2.34. The van der Waals surface area contributed by atoms with Crippen LogP contribution in [0.25, 0.3) is 16.6 Å². The zero-order valence-electron chi connectivity index (χ0n) is 9.33. The van der Waals surface area contributed by atoms with Gasteiger partial charge in [-0.15, -0.1) is 10.2 Å². The van der Waals surface area contributed by atoms with Crippen LogP contribution in [0.3, 0.4) is 0 Å². The summed E-state index contributed by atoms with van der Waals surface area (Å²) in [5, 5.41) is 14.4. The predicted molar refractivity (Wildman–Crippen MR) is 65.8 cm³/mol. The summed E-state index contributed by atoms with van der Waals surface area (Å²) >= 11 is 0. The fraction of sp³-hybridized carbons (Fsp3) is 0.0833. The third-order valence-corrected chi connectivity index (χ3v) is 2.66. The zero-order valence-corrected chi connectivity index (χ0v) is 9.33. The molecule has 0 radical (unpaired) electrons. The average molecular weight is 225 g/mol. The molecule has 0 amide bonds. The molecule has 0 saturated carbocycles. The highest BCUT2D eigenvalue weighted by Gasteiger charge is 2.09. The number of nitrogens with zero attached hydrogens (tertiary/aromatic N) is 4. The lowest BCUT2D eigenvalue weighted by molar-refractivity contribution is 0.804. The molecule has 0 aliphatic heterocycles. The van der Waals surface area contributed by atoms with Crippen LogP contribution < -0.4 is 5.73 Å². The van der Waals surface area contributed by atoms with E-state index in [1.807, 2.05) is 37.3 Å². The molecule has 0 fully saturated rings. The van der Waals surface area contributed by atoms with Gasteiger partial charge in [-0.2, -0.15) is 5.10 Å². The Hall–Kier alpha value is -2.43. The van der Waals surface area contributed by atoms with Crippen molar-refractivity contribution in [2.45, 2.75) is 6.92 Å². The Morgan fingerprint density at radius 2 is 2.06 bits per heavy atom. The Labute approximate surface area is 97.9 Å². The summed E-state index contributed by atoms with van der Waals surface area (Å²) in [6, 6.07) is 9.74. The molecule has 0 aliphatic rings. The number of hydrogen-bond acceptors (Lipinski definition) is 4. The molecule has 0 unspecified atom stereocenters. The highest BCUT2D eigenvalue weighted by atomic mass is 15.4. The van der Waals surface area contributed by atoms with Crippen LogP contribution in [0.15, 0.2) is 36.5 Å². The van der Waals surface area contributed by atoms with Crippen LogP contribution in [-0.4, -0.2) is 20.0 Å². The molecule has 3 aromatic rings. The van der Waals surface area contributed by atoms with Gasteiger partial charge in [0.05, 0.1) is 6.20 Å². The fourth-order valence-corrected chi connectivity index (χ4v) is 1.88. The van der Waals surface area contributed by atoms with Crippen molar-refractivity contribution >= 4 is 16.6 Å². The molecule has 5 heteroatoms. The van der Waals surface area contributed by atoms with Crippen molar-refractivity contribution in [1.29, 1.82) is 0 Å². The summed E-state index contributed by atoms with van der Waals surface area (Å²) in [4.78, 5) is 0. The molecule has 17 heavy (non-hydrogen) atoms. The quantitative estimate of drug-likeness (QED) is 0.684. The second kappa shape index (κ2) is 3.55. The lowest BCUT2D eigenvalue weighted by Gasteiger charge is -2.05. The van der Waals surface area contributed by atoms with Crippen LogP contribution in [0, 0.1) is 6.92 Å². The van der Waals surface area contributed by atoms with E-state index in [1.165, 1.54) is 0 Å². The molecule has 2 N–H and O–H groups in total. The van der Waals surface area contributed by atoms with Crippen molar-refractivity contribution in [2.24, 2.45) is 0 Å². The molecular weight excluding hydrogens is 214 g/mol. The van der Waals surface area contributed by atoms with Gasteiger partial charge >= 0.3 is 0 Å². The summed E-state index contributed by atoms with van der Waals surface area (Å²) in [5.74, 6) is 1.19. The molecule has 1 aromatic carbocycles. The van der Waals surface area contributed by atoms with Gasteiger partial charge in [0.15, 0.2) is 5.82 Å². The Morgan fingerprint density at radius 3 is 2.82 bits per heavy atom. The Bertz CT molecular complexity index is 681. The zero-order chi connectivity index (χ0) is 11.8. The van der Waals surface area contributed by atoms with E-state index >= 15 is 0 Å². The number of aryl methyl sites for hydroxylation is 1. The van der Waals surface area contributed by atoms with Crippen LogP contribution in [0.1, 0.15) is 5.69 Å². The van der Waals surface area contributed by atoms with Gasteiger partial charge in [-0.1, -0.05) is 24.3 Å². The molecule has 0 saturated heterocycles. The molecule has 2 aromatic heterocycles. The van der Waals surface area contributed by atoms with E-state index in [1.54, 1.807) is 10.9 Å². The van der Waals surface area contributed by atoms with Crippen LogP contribution in [-0.2, 0) is 0 Å². The van der Waals surface area contributed by atoms with E-state index in [9.17, 15) is 0 Å². The minimum atomic E-state index is 0.484. The van der Waals surface area contributed by atoms with Gasteiger partial charge < -0.3 is 5.73 Å². The van der Waals surface area contributed by atoms with Crippen LogP contribution in [0.5, 0.6) is 0 Å². The molecular formula is C12H11N5. The number of nitrogens with two attached hydrogens (primary N) is 1. The average Bonchev–Trinajstić information content (AvgIpc) is 2.68. The standard InChI is InChI=1S/C12H11N5/c1-8-6-11(13)16-17(8)12-10-5-3-2-4-9(10)7-14-15-12/h2-7H,1H3,(H2,13,16). The van der Waals surface area contributed by atoms with Crippen molar-refractivity contribution in [3.8, 4) is 5.82 Å². The maximum absolute atomic E-state index is 5.68. The normalized spacial score (nSPS) is 10.9. The van der Waals surface area contributed by atoms with Crippen molar-refractivity contribution < 1.29 is 0 Å². The van der Waals surface area contributed by atoms with Crippen molar-refractivity contribution in [2.75, 3.05) is 5.73 Å². The molecule has 5 nitrogen and oxygen atoms in total. The number of nitrogen functional groups attached to an aromatic ring is 1. The first-order valence-corrected chi connectivity index (χ1v) is 5.28. The third-order valence-electron chi connectivity index (χ3n) is 2.66. The lowest BCUT2D eigenvalue weighted by atomic mass is 10.2. The second-order valence-electron chi connectivity index (χ2n) is 3.88. The minimum Gasteiger partial charge on any atom is -0.382 e. The molecule has 0 bridgehead atoms. The molecule has 3 rings (SSSR count). The Morgan fingerprint density at radius 1 is 1.24 bits per heavy atom. The van der Waals surface area contributed by atoms with Crippen LogP contribution in [0.2, 0.25) is 0 Å². The topological polar surface area (TPSA) is 69.6 Å². The third kappa shape index (κ3) is 1.52. The molecule has 0 atom stereocenters. The Kier molecular flexibility index (Phi) is 2.04. The largest absolute Gasteiger partial charge is 0.382 e. The van der Waals surface area contributed by atoms with E-state index in [-0.39, 0.29) is 0 Å². The van der Waals surface area contributed by atoms with Gasteiger partial charge in [0.2, 0.25) is 0 Å². The van der Waals surface area contributed by atoms with Crippen molar-refractivity contribution in [3.05, 3.63) is 42.2 Å². The summed E-state index contributed by atoms with van der Waals surface area (Å²) in [5.41, 5.74) is 6.62. The predicted octanol–water partition coefficient (Wildman–Crippen LogP) is 1.71. The summed E-state index contributed by atoms with van der Waals surface area (Å²) in [6.07, 6.45) is 1.74. The van der Waals surface area contributed by atoms with E-state index in [4.69, 9.17) is 5.73 Å².